The van der Waals surface area contributed by atoms with Crippen LogP contribution in [0.5, 0.6) is 0 Å². The van der Waals surface area contributed by atoms with Crippen LogP contribution in [-0.4, -0.2) is 50.3 Å². The summed E-state index contributed by atoms with van der Waals surface area (Å²) in [6.45, 7) is 7.40. The fourth-order valence-corrected chi connectivity index (χ4v) is 3.73. The molecule has 0 aliphatic rings. The van der Waals surface area contributed by atoms with E-state index < -0.39 is 0 Å². The number of carbonyl (C=O) groups is 2. The van der Waals surface area contributed by atoms with E-state index in [9.17, 15) is 9.59 Å². The topological polar surface area (TPSA) is 93.3 Å². The van der Waals surface area contributed by atoms with Crippen molar-refractivity contribution in [1.82, 2.24) is 19.6 Å². The minimum absolute atomic E-state index is 0.0919. The second-order valence-corrected chi connectivity index (χ2v) is 7.54. The van der Waals surface area contributed by atoms with Crippen molar-refractivity contribution in [3.8, 4) is 0 Å². The summed E-state index contributed by atoms with van der Waals surface area (Å²) in [6.07, 6.45) is 1.90. The number of nitrogens with zero attached hydrogens (tertiary/aromatic N) is 4. The van der Waals surface area contributed by atoms with Crippen molar-refractivity contribution in [3.05, 3.63) is 42.2 Å². The molecule has 2 heterocycles. The maximum atomic E-state index is 12.4. The van der Waals surface area contributed by atoms with E-state index in [1.54, 1.807) is 6.92 Å². The van der Waals surface area contributed by atoms with E-state index >= 15 is 0 Å². The fourth-order valence-electron chi connectivity index (χ4n) is 3.07. The molecule has 3 aromatic rings. The zero-order chi connectivity index (χ0) is 20.8. The van der Waals surface area contributed by atoms with Crippen molar-refractivity contribution in [2.75, 3.05) is 24.2 Å². The molecule has 2 aromatic heterocycles. The number of rotatable bonds is 9. The second kappa shape index (κ2) is 9.60. The van der Waals surface area contributed by atoms with E-state index in [0.717, 1.165) is 16.6 Å². The van der Waals surface area contributed by atoms with E-state index in [-0.39, 0.29) is 11.8 Å². The third kappa shape index (κ3) is 5.38. The number of hydrogen-bond acceptors (Lipinski definition) is 6. The predicted molar refractivity (Wildman–Crippen MR) is 114 cm³/mol. The molecule has 0 saturated heterocycles. The molecule has 1 aromatic carbocycles. The smallest absolute Gasteiger partial charge is 0.242 e. The zero-order valence-corrected chi connectivity index (χ0v) is 17.7. The van der Waals surface area contributed by atoms with Gasteiger partial charge in [-0.05, 0) is 38.1 Å². The molecule has 8 nitrogen and oxygen atoms in total. The Kier molecular flexibility index (Phi) is 6.92. The third-order valence-corrected chi connectivity index (χ3v) is 5.44. The van der Waals surface area contributed by atoms with Gasteiger partial charge in [0.05, 0.1) is 11.5 Å². The van der Waals surface area contributed by atoms with Crippen LogP contribution in [0.1, 0.15) is 25.6 Å². The van der Waals surface area contributed by atoms with E-state index in [1.807, 2.05) is 53.8 Å². The molecule has 2 amide bonds. The number of anilines is 1. The van der Waals surface area contributed by atoms with Gasteiger partial charge in [-0.2, -0.15) is 4.98 Å². The lowest BCUT2D eigenvalue weighted by Crippen LogP contribution is -2.33. The van der Waals surface area contributed by atoms with Gasteiger partial charge in [0.2, 0.25) is 17.7 Å². The number of fused-ring (bicyclic) bond motifs is 1. The average Bonchev–Trinajstić information content (AvgIpc) is 3.28. The first-order chi connectivity index (χ1) is 14.0. The van der Waals surface area contributed by atoms with Crippen LogP contribution >= 0.6 is 11.8 Å². The van der Waals surface area contributed by atoms with E-state index in [0.29, 0.717) is 42.9 Å². The number of benzene rings is 1. The van der Waals surface area contributed by atoms with Crippen LogP contribution in [0.4, 0.5) is 5.69 Å². The molecule has 0 unspecified atom stereocenters. The first-order valence-electron chi connectivity index (χ1n) is 9.53. The Hall–Kier alpha value is -2.81. The first kappa shape index (κ1) is 20.9. The van der Waals surface area contributed by atoms with Crippen molar-refractivity contribution in [2.24, 2.45) is 0 Å². The number of aromatic nitrogens is 3. The lowest BCUT2D eigenvalue weighted by Gasteiger charge is -2.19. The Bertz CT molecular complexity index is 993. The lowest BCUT2D eigenvalue weighted by molar-refractivity contribution is -0.131. The van der Waals surface area contributed by atoms with Crippen LogP contribution in [0.25, 0.3) is 10.9 Å². The van der Waals surface area contributed by atoms with Crippen LogP contribution in [0.3, 0.4) is 0 Å². The van der Waals surface area contributed by atoms with Gasteiger partial charge >= 0.3 is 0 Å². The minimum atomic E-state index is -0.0919. The number of nitrogens with one attached hydrogen (secondary N) is 1. The van der Waals surface area contributed by atoms with E-state index in [4.69, 9.17) is 4.52 Å². The number of hydrogen-bond donors (Lipinski definition) is 1. The summed E-state index contributed by atoms with van der Waals surface area (Å²) in [5.41, 5.74) is 1.69. The van der Waals surface area contributed by atoms with Crippen LogP contribution in [-0.2, 0) is 21.9 Å². The van der Waals surface area contributed by atoms with Crippen LogP contribution in [0, 0.1) is 6.92 Å². The number of carbonyl (C=O) groups excluding carboxylic acids is 2. The summed E-state index contributed by atoms with van der Waals surface area (Å²) >= 11 is 1.43. The maximum absolute atomic E-state index is 12.4. The van der Waals surface area contributed by atoms with Crippen molar-refractivity contribution in [3.63, 3.8) is 0 Å². The first-order valence-corrected chi connectivity index (χ1v) is 10.7. The summed E-state index contributed by atoms with van der Waals surface area (Å²) in [4.78, 5) is 30.5. The standard InChI is InChI=1S/C20H25N5O3S/c1-4-24(5-2)20(27)11-25-9-8-15-10-16(6-7-17(15)25)22-19(26)13-29-12-18-21-14(3)28-23-18/h6-10H,4-5,11-13H2,1-3H3,(H,22,26). The molecule has 3 rings (SSSR count). The largest absolute Gasteiger partial charge is 0.342 e. The highest BCUT2D eigenvalue weighted by atomic mass is 32.2. The highest BCUT2D eigenvalue weighted by Crippen LogP contribution is 2.21. The van der Waals surface area contributed by atoms with Gasteiger partial charge in [0, 0.05) is 42.8 Å². The third-order valence-electron chi connectivity index (χ3n) is 4.51. The van der Waals surface area contributed by atoms with Gasteiger partial charge < -0.3 is 19.3 Å². The summed E-state index contributed by atoms with van der Waals surface area (Å²) < 4.78 is 6.84. The maximum Gasteiger partial charge on any atom is 0.242 e. The van der Waals surface area contributed by atoms with Gasteiger partial charge in [-0.3, -0.25) is 9.59 Å². The van der Waals surface area contributed by atoms with Crippen molar-refractivity contribution < 1.29 is 14.1 Å². The quantitative estimate of drug-likeness (QED) is 0.577. The summed E-state index contributed by atoms with van der Waals surface area (Å²) in [5, 5.41) is 7.69. The van der Waals surface area contributed by atoms with Gasteiger partial charge in [-0.1, -0.05) is 5.16 Å². The molecule has 29 heavy (non-hydrogen) atoms. The Labute approximate surface area is 173 Å². The molecule has 0 bridgehead atoms. The predicted octanol–water partition coefficient (Wildman–Crippen LogP) is 3.07. The zero-order valence-electron chi connectivity index (χ0n) is 16.8. The molecule has 9 heteroatoms. The molecule has 0 saturated carbocycles. The highest BCUT2D eigenvalue weighted by molar-refractivity contribution is 7.99. The number of thioether (sulfide) groups is 1. The van der Waals surface area contributed by atoms with E-state index in [2.05, 4.69) is 15.5 Å². The average molecular weight is 416 g/mol. The fraction of sp³-hybridized carbons (Fsp3) is 0.400. The lowest BCUT2D eigenvalue weighted by atomic mass is 10.2. The number of aryl methyl sites for hydroxylation is 1. The molecule has 0 atom stereocenters. The Morgan fingerprint density at radius 2 is 2.03 bits per heavy atom. The van der Waals surface area contributed by atoms with Crippen molar-refractivity contribution >= 4 is 40.2 Å². The Morgan fingerprint density at radius 3 is 2.72 bits per heavy atom. The van der Waals surface area contributed by atoms with Crippen molar-refractivity contribution in [1.29, 1.82) is 0 Å². The van der Waals surface area contributed by atoms with Gasteiger partial charge in [0.1, 0.15) is 6.54 Å². The van der Waals surface area contributed by atoms with Crippen molar-refractivity contribution in [2.45, 2.75) is 33.1 Å². The van der Waals surface area contributed by atoms with Crippen LogP contribution in [0.2, 0.25) is 0 Å². The molecule has 0 aliphatic carbocycles. The van der Waals surface area contributed by atoms with Crippen LogP contribution < -0.4 is 5.32 Å². The van der Waals surface area contributed by atoms with Gasteiger partial charge in [0.15, 0.2) is 5.82 Å². The summed E-state index contributed by atoms with van der Waals surface area (Å²) in [7, 11) is 0. The SMILES string of the molecule is CCN(CC)C(=O)Cn1ccc2cc(NC(=O)CSCc3noc(C)n3)ccc21. The normalized spacial score (nSPS) is 11.0. The molecule has 0 radical (unpaired) electrons. The molecular formula is C20H25N5O3S. The van der Waals surface area contributed by atoms with E-state index in [1.165, 1.54) is 11.8 Å². The molecule has 0 spiro atoms. The molecule has 0 fully saturated rings. The van der Waals surface area contributed by atoms with Gasteiger partial charge in [-0.15, -0.1) is 11.8 Å². The summed E-state index contributed by atoms with van der Waals surface area (Å²) in [5.74, 6) is 1.92. The minimum Gasteiger partial charge on any atom is -0.342 e. The summed E-state index contributed by atoms with van der Waals surface area (Å²) in [6, 6.07) is 7.65. The number of amides is 2. The monoisotopic (exact) mass is 415 g/mol. The molecule has 1 N–H and O–H groups in total. The highest BCUT2D eigenvalue weighted by Gasteiger charge is 2.12. The Morgan fingerprint density at radius 1 is 1.24 bits per heavy atom. The number of likely N-dealkylation sites (N-methyl/N-ethyl adjacent to an activating group) is 1. The van der Waals surface area contributed by atoms with Crippen LogP contribution in [0.15, 0.2) is 35.0 Å². The molecule has 154 valence electrons. The Balaban J connectivity index is 1.57. The second-order valence-electron chi connectivity index (χ2n) is 6.55. The molecule has 0 aliphatic heterocycles. The molecular weight excluding hydrogens is 390 g/mol. The van der Waals surface area contributed by atoms with Gasteiger partial charge in [0.25, 0.3) is 0 Å². The van der Waals surface area contributed by atoms with Gasteiger partial charge in [-0.25, -0.2) is 0 Å².